The molecule has 1 heterocycles. The second-order valence-electron chi connectivity index (χ2n) is 9.16. The number of aromatic nitrogens is 1. The van der Waals surface area contributed by atoms with Crippen LogP contribution in [0.3, 0.4) is 0 Å². The van der Waals surface area contributed by atoms with Gasteiger partial charge in [0.05, 0.1) is 18.7 Å². The Morgan fingerprint density at radius 1 is 0.846 bits per heavy atom. The van der Waals surface area contributed by atoms with E-state index in [-0.39, 0.29) is 18.2 Å². The number of fused-ring (bicyclic) bond motifs is 1. The minimum absolute atomic E-state index is 0.0399. The molecular formula is C32H27ClN4O2. The summed E-state index contributed by atoms with van der Waals surface area (Å²) in [4.78, 5) is 25.7. The van der Waals surface area contributed by atoms with Gasteiger partial charge in [-0.2, -0.15) is 5.10 Å². The smallest absolute Gasteiger partial charge is 0.251 e. The average Bonchev–Trinajstić information content (AvgIpc) is 3.32. The Kier molecular flexibility index (Phi) is 8.15. The van der Waals surface area contributed by atoms with E-state index in [2.05, 4.69) is 26.5 Å². The number of hydrogen-bond acceptors (Lipinski definition) is 3. The molecule has 7 heteroatoms. The predicted octanol–water partition coefficient (Wildman–Crippen LogP) is 6.35. The first-order valence-electron chi connectivity index (χ1n) is 12.6. The van der Waals surface area contributed by atoms with Gasteiger partial charge in [0, 0.05) is 39.8 Å². The molecule has 6 nitrogen and oxygen atoms in total. The molecule has 0 fully saturated rings. The van der Waals surface area contributed by atoms with Gasteiger partial charge in [-0.15, -0.1) is 0 Å². The average molecular weight is 535 g/mol. The van der Waals surface area contributed by atoms with Crippen molar-refractivity contribution < 1.29 is 9.59 Å². The van der Waals surface area contributed by atoms with E-state index in [9.17, 15) is 9.59 Å². The van der Waals surface area contributed by atoms with Crippen LogP contribution in [0.5, 0.6) is 0 Å². The molecule has 0 spiro atoms. The highest BCUT2D eigenvalue weighted by Gasteiger charge is 2.19. The summed E-state index contributed by atoms with van der Waals surface area (Å²) in [6, 6.07) is 33.7. The fourth-order valence-electron chi connectivity index (χ4n) is 4.47. The van der Waals surface area contributed by atoms with E-state index in [1.54, 1.807) is 30.5 Å². The van der Waals surface area contributed by atoms with Gasteiger partial charge >= 0.3 is 0 Å². The molecule has 0 radical (unpaired) electrons. The van der Waals surface area contributed by atoms with Crippen LogP contribution < -0.4 is 10.7 Å². The Labute approximate surface area is 231 Å². The molecular weight excluding hydrogens is 508 g/mol. The van der Waals surface area contributed by atoms with E-state index in [4.69, 9.17) is 11.6 Å². The molecule has 0 unspecified atom stereocenters. The molecule has 1 aromatic heterocycles. The SMILES string of the molecule is O=C(C[C@H](NC(=O)c1ccccc1)c1ccccc1)N/N=C\c1cn(Cc2ccc(Cl)cc2)c2ccccc12. The molecule has 2 N–H and O–H groups in total. The van der Waals surface area contributed by atoms with Gasteiger partial charge in [0.25, 0.3) is 5.91 Å². The van der Waals surface area contributed by atoms with Crippen molar-refractivity contribution in [3.8, 4) is 0 Å². The van der Waals surface area contributed by atoms with Crippen molar-refractivity contribution >= 4 is 40.5 Å². The first-order chi connectivity index (χ1) is 19.1. The molecule has 0 aliphatic heterocycles. The Morgan fingerprint density at radius 3 is 2.26 bits per heavy atom. The summed E-state index contributed by atoms with van der Waals surface area (Å²) in [5.41, 5.74) is 7.08. The predicted molar refractivity (Wildman–Crippen MR) is 156 cm³/mol. The lowest BCUT2D eigenvalue weighted by Gasteiger charge is -2.18. The van der Waals surface area contributed by atoms with Crippen LogP contribution in [0.1, 0.15) is 39.5 Å². The number of hydrazone groups is 1. The molecule has 5 rings (SSSR count). The molecule has 0 saturated carbocycles. The number of carbonyl (C=O) groups excluding carboxylic acids is 2. The van der Waals surface area contributed by atoms with Crippen LogP contribution in [-0.4, -0.2) is 22.6 Å². The largest absolute Gasteiger partial charge is 0.345 e. The highest BCUT2D eigenvalue weighted by Crippen LogP contribution is 2.22. The van der Waals surface area contributed by atoms with Crippen molar-refractivity contribution in [2.45, 2.75) is 19.0 Å². The van der Waals surface area contributed by atoms with Crippen molar-refractivity contribution in [1.29, 1.82) is 0 Å². The second kappa shape index (κ2) is 12.2. The maximum Gasteiger partial charge on any atom is 0.251 e. The number of amides is 2. The number of nitrogens with zero attached hydrogens (tertiary/aromatic N) is 2. The Balaban J connectivity index is 1.29. The van der Waals surface area contributed by atoms with E-state index in [0.717, 1.165) is 27.6 Å². The van der Waals surface area contributed by atoms with E-state index in [1.165, 1.54) is 0 Å². The topological polar surface area (TPSA) is 75.5 Å². The molecule has 0 saturated heterocycles. The Hall–Kier alpha value is -4.68. The standard InChI is InChI=1S/C32H27ClN4O2/c33-27-17-15-23(16-18-27)21-37-22-26(28-13-7-8-14-30(28)37)20-34-36-31(38)19-29(24-9-3-1-4-10-24)35-32(39)25-11-5-2-6-12-25/h1-18,20,22,29H,19,21H2,(H,35,39)(H,36,38)/b34-20-/t29-/m0/s1. The number of hydrogen-bond donors (Lipinski definition) is 2. The molecule has 5 aromatic rings. The van der Waals surface area contributed by atoms with Crippen LogP contribution in [0.25, 0.3) is 10.9 Å². The molecule has 1 atom stereocenters. The van der Waals surface area contributed by atoms with Crippen molar-refractivity contribution in [2.24, 2.45) is 5.10 Å². The maximum absolute atomic E-state index is 12.9. The highest BCUT2D eigenvalue weighted by molar-refractivity contribution is 6.30. The van der Waals surface area contributed by atoms with Crippen LogP contribution in [0.4, 0.5) is 0 Å². The number of nitrogens with one attached hydrogen (secondary N) is 2. The van der Waals surface area contributed by atoms with Gasteiger partial charge in [-0.3, -0.25) is 9.59 Å². The van der Waals surface area contributed by atoms with E-state index in [1.807, 2.05) is 85.1 Å². The van der Waals surface area contributed by atoms with Crippen LogP contribution in [0.2, 0.25) is 5.02 Å². The lowest BCUT2D eigenvalue weighted by atomic mass is 10.0. The molecule has 0 aliphatic carbocycles. The molecule has 2 amide bonds. The zero-order valence-corrected chi connectivity index (χ0v) is 21.9. The van der Waals surface area contributed by atoms with E-state index in [0.29, 0.717) is 17.1 Å². The third-order valence-electron chi connectivity index (χ3n) is 6.41. The van der Waals surface area contributed by atoms with Gasteiger partial charge in [-0.05, 0) is 41.5 Å². The maximum atomic E-state index is 12.9. The number of rotatable bonds is 9. The summed E-state index contributed by atoms with van der Waals surface area (Å²) in [6.07, 6.45) is 3.71. The summed E-state index contributed by atoms with van der Waals surface area (Å²) < 4.78 is 2.15. The third-order valence-corrected chi connectivity index (χ3v) is 6.66. The number of halogens is 1. The minimum Gasteiger partial charge on any atom is -0.345 e. The summed E-state index contributed by atoms with van der Waals surface area (Å²) in [6.45, 7) is 0.678. The Bertz CT molecular complexity index is 1600. The van der Waals surface area contributed by atoms with Gasteiger partial charge in [-0.1, -0.05) is 90.5 Å². The summed E-state index contributed by atoms with van der Waals surface area (Å²) >= 11 is 6.04. The molecule has 4 aromatic carbocycles. The van der Waals surface area contributed by atoms with Gasteiger partial charge in [0.2, 0.25) is 5.91 Å². The zero-order chi connectivity index (χ0) is 27.0. The van der Waals surface area contributed by atoms with Crippen molar-refractivity contribution in [2.75, 3.05) is 0 Å². The van der Waals surface area contributed by atoms with Crippen LogP contribution >= 0.6 is 11.6 Å². The van der Waals surface area contributed by atoms with Gasteiger partial charge in [0.15, 0.2) is 0 Å². The minimum atomic E-state index is -0.504. The molecule has 39 heavy (non-hydrogen) atoms. The van der Waals surface area contributed by atoms with Crippen molar-refractivity contribution in [3.63, 3.8) is 0 Å². The van der Waals surface area contributed by atoms with Gasteiger partial charge in [-0.25, -0.2) is 5.43 Å². The molecule has 194 valence electrons. The summed E-state index contributed by atoms with van der Waals surface area (Å²) in [7, 11) is 0. The van der Waals surface area contributed by atoms with Gasteiger partial charge in [0.1, 0.15) is 0 Å². The lowest BCUT2D eigenvalue weighted by Crippen LogP contribution is -2.32. The number of para-hydroxylation sites is 1. The van der Waals surface area contributed by atoms with Crippen molar-refractivity contribution in [3.05, 3.63) is 143 Å². The summed E-state index contributed by atoms with van der Waals surface area (Å²) in [5.74, 6) is -0.549. The first-order valence-corrected chi connectivity index (χ1v) is 13.0. The van der Waals surface area contributed by atoms with Crippen LogP contribution in [0.15, 0.2) is 120 Å². The van der Waals surface area contributed by atoms with Crippen LogP contribution in [0, 0.1) is 0 Å². The highest BCUT2D eigenvalue weighted by atomic mass is 35.5. The normalized spacial score (nSPS) is 11.9. The number of benzene rings is 4. The second-order valence-corrected chi connectivity index (χ2v) is 9.59. The van der Waals surface area contributed by atoms with Gasteiger partial charge < -0.3 is 9.88 Å². The monoisotopic (exact) mass is 534 g/mol. The fraction of sp³-hybridized carbons (Fsp3) is 0.0938. The zero-order valence-electron chi connectivity index (χ0n) is 21.1. The van der Waals surface area contributed by atoms with E-state index >= 15 is 0 Å². The molecule has 0 aliphatic rings. The van der Waals surface area contributed by atoms with E-state index < -0.39 is 6.04 Å². The van der Waals surface area contributed by atoms with Crippen molar-refractivity contribution in [1.82, 2.24) is 15.3 Å². The quantitative estimate of drug-likeness (QED) is 0.171. The summed E-state index contributed by atoms with van der Waals surface area (Å²) in [5, 5.41) is 8.95. The Morgan fingerprint density at radius 2 is 1.51 bits per heavy atom. The lowest BCUT2D eigenvalue weighted by molar-refractivity contribution is -0.121. The fourth-order valence-corrected chi connectivity index (χ4v) is 4.59. The number of carbonyl (C=O) groups is 2. The first kappa shape index (κ1) is 25.9. The third kappa shape index (κ3) is 6.61. The van der Waals surface area contributed by atoms with Crippen LogP contribution in [-0.2, 0) is 11.3 Å². The molecule has 0 bridgehead atoms.